The fourth-order valence-electron chi connectivity index (χ4n) is 6.63. The zero-order valence-corrected chi connectivity index (χ0v) is 24.4. The van der Waals surface area contributed by atoms with Crippen LogP contribution in [0.5, 0.6) is 5.75 Å². The smallest absolute Gasteiger partial charge is 0.201 e. The maximum absolute atomic E-state index is 15.3. The van der Waals surface area contributed by atoms with E-state index in [9.17, 15) is 8.78 Å². The molecule has 0 saturated heterocycles. The van der Waals surface area contributed by atoms with Gasteiger partial charge in [0.2, 0.25) is 5.82 Å². The predicted molar refractivity (Wildman–Crippen MR) is 163 cm³/mol. The van der Waals surface area contributed by atoms with Gasteiger partial charge in [0, 0.05) is 16.7 Å². The molecular weight excluding hydrogens is 536 g/mol. The summed E-state index contributed by atoms with van der Waals surface area (Å²) in [6.07, 6.45) is 14.4. The number of allylic oxidation sites excluding steroid dienone is 3. The van der Waals surface area contributed by atoms with Crippen LogP contribution in [0.4, 0.5) is 17.6 Å². The SMILES string of the molecule is C=CC1CCC(C2CC=C(c3ccc(-c4ccc(-c5ccc(OCCCCC)c(F)c5F)cc4)c(F)c3F)CC2)CC1. The fraction of sp³-hybridized carbons (Fsp3) is 0.405. The van der Waals surface area contributed by atoms with Gasteiger partial charge in [0.05, 0.1) is 6.61 Å². The number of halogens is 4. The summed E-state index contributed by atoms with van der Waals surface area (Å²) < 4.78 is 65.6. The molecule has 3 aromatic rings. The van der Waals surface area contributed by atoms with Gasteiger partial charge in [-0.3, -0.25) is 0 Å². The first kappa shape index (κ1) is 30.1. The van der Waals surface area contributed by atoms with Gasteiger partial charge < -0.3 is 4.74 Å². The van der Waals surface area contributed by atoms with E-state index in [0.29, 0.717) is 41.1 Å². The van der Waals surface area contributed by atoms with Gasteiger partial charge in [-0.1, -0.05) is 68.3 Å². The van der Waals surface area contributed by atoms with Crippen molar-refractivity contribution in [1.82, 2.24) is 0 Å². The Bertz CT molecular complexity index is 1420. The van der Waals surface area contributed by atoms with Crippen molar-refractivity contribution in [1.29, 1.82) is 0 Å². The lowest BCUT2D eigenvalue weighted by molar-refractivity contribution is 0.212. The number of unbranched alkanes of at least 4 members (excludes halogenated alkanes) is 2. The first-order valence-electron chi connectivity index (χ1n) is 15.4. The average molecular weight is 577 g/mol. The van der Waals surface area contributed by atoms with Crippen LogP contribution in [0.15, 0.2) is 67.3 Å². The Balaban J connectivity index is 1.28. The molecule has 0 amide bonds. The minimum absolute atomic E-state index is 0.0817. The van der Waals surface area contributed by atoms with Crippen LogP contribution in [-0.4, -0.2) is 6.61 Å². The Morgan fingerprint density at radius 3 is 1.90 bits per heavy atom. The lowest BCUT2D eigenvalue weighted by atomic mass is 9.71. The number of hydrogen-bond acceptors (Lipinski definition) is 1. The number of benzene rings is 3. The maximum Gasteiger partial charge on any atom is 0.201 e. The molecule has 0 N–H and O–H groups in total. The van der Waals surface area contributed by atoms with Crippen LogP contribution in [0, 0.1) is 41.0 Å². The van der Waals surface area contributed by atoms with Gasteiger partial charge in [0.1, 0.15) is 0 Å². The molecule has 0 aromatic heterocycles. The zero-order chi connectivity index (χ0) is 29.6. The molecule has 3 aromatic carbocycles. The third kappa shape index (κ3) is 6.50. The van der Waals surface area contributed by atoms with Crippen LogP contribution in [0.25, 0.3) is 27.8 Å². The second-order valence-corrected chi connectivity index (χ2v) is 11.8. The molecule has 42 heavy (non-hydrogen) atoms. The summed E-state index contributed by atoms with van der Waals surface area (Å²) >= 11 is 0. The van der Waals surface area contributed by atoms with E-state index in [1.807, 2.05) is 0 Å². The third-order valence-electron chi connectivity index (χ3n) is 9.26. The van der Waals surface area contributed by atoms with Gasteiger partial charge in [-0.15, -0.1) is 6.58 Å². The van der Waals surface area contributed by atoms with E-state index in [-0.39, 0.29) is 16.9 Å². The molecule has 222 valence electrons. The molecule has 5 heteroatoms. The zero-order valence-electron chi connectivity index (χ0n) is 24.4. The van der Waals surface area contributed by atoms with E-state index >= 15 is 8.78 Å². The van der Waals surface area contributed by atoms with Crippen LogP contribution in [0.2, 0.25) is 0 Å². The Morgan fingerprint density at radius 1 is 0.714 bits per heavy atom. The van der Waals surface area contributed by atoms with Gasteiger partial charge in [-0.05, 0) is 98.0 Å². The van der Waals surface area contributed by atoms with Crippen molar-refractivity contribution in [2.75, 3.05) is 6.61 Å². The van der Waals surface area contributed by atoms with Gasteiger partial charge in [-0.2, -0.15) is 4.39 Å². The summed E-state index contributed by atoms with van der Waals surface area (Å²) in [5, 5.41) is 0. The highest BCUT2D eigenvalue weighted by atomic mass is 19.2. The Morgan fingerprint density at radius 2 is 1.31 bits per heavy atom. The van der Waals surface area contributed by atoms with Gasteiger partial charge >= 0.3 is 0 Å². The second-order valence-electron chi connectivity index (χ2n) is 11.8. The minimum atomic E-state index is -1.03. The Labute approximate surface area is 247 Å². The molecule has 5 rings (SSSR count). The maximum atomic E-state index is 15.3. The van der Waals surface area contributed by atoms with Crippen LogP contribution < -0.4 is 4.74 Å². The molecule has 1 unspecified atom stereocenters. The Kier molecular flexibility index (Phi) is 9.87. The Hall–Kier alpha value is -3.34. The number of hydrogen-bond donors (Lipinski definition) is 0. The van der Waals surface area contributed by atoms with Gasteiger partial charge in [0.15, 0.2) is 23.2 Å². The van der Waals surface area contributed by atoms with Crippen molar-refractivity contribution >= 4 is 5.57 Å². The van der Waals surface area contributed by atoms with Crippen molar-refractivity contribution in [3.63, 3.8) is 0 Å². The summed E-state index contributed by atoms with van der Waals surface area (Å²) in [5.74, 6) is -1.91. The number of rotatable bonds is 10. The normalized spacial score (nSPS) is 20.7. The average Bonchev–Trinajstić information content (AvgIpc) is 3.03. The van der Waals surface area contributed by atoms with Crippen LogP contribution in [-0.2, 0) is 0 Å². The first-order valence-corrected chi connectivity index (χ1v) is 15.4. The molecule has 0 bridgehead atoms. The van der Waals surface area contributed by atoms with E-state index in [4.69, 9.17) is 4.74 Å². The van der Waals surface area contributed by atoms with Crippen molar-refractivity contribution in [2.45, 2.75) is 71.1 Å². The second kappa shape index (κ2) is 13.8. The standard InChI is InChI=1S/C37H40F4O/c1-3-5-6-23-42-33-22-21-32(36(40)37(33)41)29-17-15-28(16-18-29)31-20-19-30(34(38)35(31)39)27-13-11-26(12-14-27)25-9-7-24(4-2)8-10-25/h4,13,15-22,24-26H,2-3,5-12,14,23H2,1H3. The summed E-state index contributed by atoms with van der Waals surface area (Å²) in [6, 6.07) is 12.6. The molecule has 0 heterocycles. The quantitative estimate of drug-likeness (QED) is 0.133. The summed E-state index contributed by atoms with van der Waals surface area (Å²) in [4.78, 5) is 0. The highest BCUT2D eigenvalue weighted by Gasteiger charge is 2.29. The molecule has 2 aliphatic carbocycles. The minimum Gasteiger partial charge on any atom is -0.490 e. The van der Waals surface area contributed by atoms with E-state index in [1.165, 1.54) is 37.8 Å². The molecule has 0 aliphatic heterocycles. The van der Waals surface area contributed by atoms with E-state index in [1.54, 1.807) is 36.4 Å². The summed E-state index contributed by atoms with van der Waals surface area (Å²) in [7, 11) is 0. The van der Waals surface area contributed by atoms with Crippen LogP contribution in [0.1, 0.15) is 76.7 Å². The fourth-order valence-corrected chi connectivity index (χ4v) is 6.63. The molecule has 0 spiro atoms. The van der Waals surface area contributed by atoms with Crippen molar-refractivity contribution in [3.05, 3.63) is 96.1 Å². The van der Waals surface area contributed by atoms with E-state index in [0.717, 1.165) is 44.1 Å². The first-order chi connectivity index (χ1) is 20.4. The lowest BCUT2D eigenvalue weighted by Gasteiger charge is -2.34. The highest BCUT2D eigenvalue weighted by Crippen LogP contribution is 2.42. The largest absolute Gasteiger partial charge is 0.490 e. The molecular formula is C37H40F4O. The van der Waals surface area contributed by atoms with Crippen molar-refractivity contribution < 1.29 is 22.3 Å². The monoisotopic (exact) mass is 576 g/mol. The van der Waals surface area contributed by atoms with E-state index < -0.39 is 23.3 Å². The molecule has 1 saturated carbocycles. The van der Waals surface area contributed by atoms with Gasteiger partial charge in [0.25, 0.3) is 0 Å². The van der Waals surface area contributed by atoms with E-state index in [2.05, 4.69) is 25.7 Å². The molecule has 1 fully saturated rings. The highest BCUT2D eigenvalue weighted by molar-refractivity contribution is 5.74. The van der Waals surface area contributed by atoms with Crippen molar-refractivity contribution in [2.24, 2.45) is 17.8 Å². The molecule has 2 aliphatic rings. The summed E-state index contributed by atoms with van der Waals surface area (Å²) in [5.41, 5.74) is 2.32. The van der Waals surface area contributed by atoms with Crippen molar-refractivity contribution in [3.8, 4) is 28.0 Å². The third-order valence-corrected chi connectivity index (χ3v) is 9.26. The summed E-state index contributed by atoms with van der Waals surface area (Å²) in [6.45, 7) is 6.32. The number of ether oxygens (including phenoxy) is 1. The topological polar surface area (TPSA) is 9.23 Å². The van der Waals surface area contributed by atoms with Gasteiger partial charge in [-0.25, -0.2) is 13.2 Å². The molecule has 1 nitrogen and oxygen atoms in total. The lowest BCUT2D eigenvalue weighted by Crippen LogP contribution is -2.22. The molecule has 1 atom stereocenters. The van der Waals surface area contributed by atoms with Crippen LogP contribution >= 0.6 is 0 Å². The van der Waals surface area contributed by atoms with Crippen LogP contribution in [0.3, 0.4) is 0 Å². The molecule has 0 radical (unpaired) electrons. The predicted octanol–water partition coefficient (Wildman–Crippen LogP) is 11.3.